The van der Waals surface area contributed by atoms with Gasteiger partial charge in [-0.3, -0.25) is 9.59 Å². The number of benzene rings is 2. The van der Waals surface area contributed by atoms with Crippen molar-refractivity contribution in [3.63, 3.8) is 0 Å². The lowest BCUT2D eigenvalue weighted by Crippen LogP contribution is -2.54. The fourth-order valence-corrected chi connectivity index (χ4v) is 4.20. The second-order valence-electron chi connectivity index (χ2n) is 9.05. The molecule has 0 radical (unpaired) electrons. The van der Waals surface area contributed by atoms with Gasteiger partial charge in [0.2, 0.25) is 11.8 Å². The van der Waals surface area contributed by atoms with Gasteiger partial charge in [-0.1, -0.05) is 48.5 Å². The number of amides is 2. The molecule has 9 heteroatoms. The van der Waals surface area contributed by atoms with Crippen LogP contribution in [0.15, 0.2) is 60.7 Å². The van der Waals surface area contributed by atoms with Crippen molar-refractivity contribution in [3.05, 3.63) is 66.2 Å². The van der Waals surface area contributed by atoms with Crippen molar-refractivity contribution in [2.45, 2.75) is 45.8 Å². The van der Waals surface area contributed by atoms with Gasteiger partial charge in [-0.15, -0.1) is 0 Å². The molecule has 0 bridgehead atoms. The molecule has 0 aliphatic carbocycles. The van der Waals surface area contributed by atoms with Crippen molar-refractivity contribution in [3.8, 4) is 0 Å². The van der Waals surface area contributed by atoms with Crippen molar-refractivity contribution in [2.24, 2.45) is 0 Å². The van der Waals surface area contributed by atoms with Crippen molar-refractivity contribution in [1.29, 1.82) is 0 Å². The van der Waals surface area contributed by atoms with E-state index in [1.54, 1.807) is 37.3 Å². The van der Waals surface area contributed by atoms with Crippen LogP contribution >= 0.6 is 0 Å². The number of carbonyl (C=O) groups excluding carboxylic acids is 2. The summed E-state index contributed by atoms with van der Waals surface area (Å²) in [7, 11) is -1.12. The third-order valence-corrected chi connectivity index (χ3v) is 6.74. The van der Waals surface area contributed by atoms with Crippen molar-refractivity contribution in [1.82, 2.24) is 14.5 Å². The molecule has 1 atom stereocenters. The standard InChI is InChI=1S/C24H34N4O4S/c1-19(23(30)25-24(2,3)4)27(17-20-13-9-7-10-14-20)22(29)18-28(33(31,32)26(5)6)21-15-11-8-12-16-21/h7-16,19H,17-18H2,1-6H3,(H,25,30). The molecule has 0 saturated carbocycles. The first-order valence-corrected chi connectivity index (χ1v) is 12.1. The molecule has 0 aliphatic rings. The number of nitrogens with zero attached hydrogens (tertiary/aromatic N) is 3. The van der Waals surface area contributed by atoms with Crippen LogP contribution in [0.2, 0.25) is 0 Å². The van der Waals surface area contributed by atoms with E-state index in [0.717, 1.165) is 14.2 Å². The summed E-state index contributed by atoms with van der Waals surface area (Å²) in [6.45, 7) is 6.97. The summed E-state index contributed by atoms with van der Waals surface area (Å²) in [5.41, 5.74) is 0.728. The Balaban J connectivity index is 2.41. The first-order valence-electron chi connectivity index (χ1n) is 10.7. The number of carbonyl (C=O) groups is 2. The van der Waals surface area contributed by atoms with E-state index in [9.17, 15) is 18.0 Å². The van der Waals surface area contributed by atoms with Gasteiger partial charge in [0.25, 0.3) is 0 Å². The summed E-state index contributed by atoms with van der Waals surface area (Å²) >= 11 is 0. The molecule has 2 amide bonds. The second-order valence-corrected chi connectivity index (χ2v) is 11.1. The largest absolute Gasteiger partial charge is 0.350 e. The molecule has 0 aromatic heterocycles. The molecule has 1 unspecified atom stereocenters. The minimum atomic E-state index is -3.95. The number of hydrogen-bond acceptors (Lipinski definition) is 4. The van der Waals surface area contributed by atoms with Gasteiger partial charge >= 0.3 is 10.2 Å². The Morgan fingerprint density at radius 2 is 1.45 bits per heavy atom. The SMILES string of the molecule is CC(C(=O)NC(C)(C)C)N(Cc1ccccc1)C(=O)CN(c1ccccc1)S(=O)(=O)N(C)C. The summed E-state index contributed by atoms with van der Waals surface area (Å²) in [6, 6.07) is 16.9. The Labute approximate surface area is 197 Å². The normalized spacial score (nSPS) is 12.8. The molecule has 0 heterocycles. The highest BCUT2D eigenvalue weighted by Crippen LogP contribution is 2.20. The lowest BCUT2D eigenvalue weighted by Gasteiger charge is -2.34. The van der Waals surface area contributed by atoms with Crippen LogP contribution in [0.1, 0.15) is 33.3 Å². The third-order valence-electron chi connectivity index (χ3n) is 4.92. The topological polar surface area (TPSA) is 90.0 Å². The van der Waals surface area contributed by atoms with Crippen LogP contribution in [0.25, 0.3) is 0 Å². The summed E-state index contributed by atoms with van der Waals surface area (Å²) < 4.78 is 28.2. The van der Waals surface area contributed by atoms with Gasteiger partial charge < -0.3 is 10.2 Å². The van der Waals surface area contributed by atoms with Crippen molar-refractivity contribution < 1.29 is 18.0 Å². The first-order chi connectivity index (χ1) is 15.3. The maximum atomic E-state index is 13.5. The first kappa shape index (κ1) is 26.3. The van der Waals surface area contributed by atoms with Gasteiger partial charge in [0.05, 0.1) is 5.69 Å². The Hall–Kier alpha value is -2.91. The molecule has 0 fully saturated rings. The van der Waals surface area contributed by atoms with E-state index in [4.69, 9.17) is 0 Å². The fourth-order valence-electron chi connectivity index (χ4n) is 3.15. The van der Waals surface area contributed by atoms with Crippen molar-refractivity contribution >= 4 is 27.7 Å². The molecule has 1 N–H and O–H groups in total. The smallest absolute Gasteiger partial charge is 0.304 e. The number of anilines is 1. The van der Waals surface area contributed by atoms with Gasteiger partial charge in [-0.2, -0.15) is 12.7 Å². The van der Waals surface area contributed by atoms with E-state index in [1.165, 1.54) is 19.0 Å². The Bertz CT molecular complexity index is 1040. The molecule has 8 nitrogen and oxygen atoms in total. The highest BCUT2D eigenvalue weighted by molar-refractivity contribution is 7.90. The Morgan fingerprint density at radius 1 is 0.939 bits per heavy atom. The van der Waals surface area contributed by atoms with E-state index >= 15 is 0 Å². The van der Waals surface area contributed by atoms with E-state index < -0.39 is 34.2 Å². The third kappa shape index (κ3) is 7.30. The molecule has 180 valence electrons. The minimum absolute atomic E-state index is 0.170. The van der Waals surface area contributed by atoms with Crippen LogP contribution in [-0.2, 0) is 26.3 Å². The maximum Gasteiger partial charge on any atom is 0.304 e. The Morgan fingerprint density at radius 3 is 1.94 bits per heavy atom. The number of para-hydroxylation sites is 1. The highest BCUT2D eigenvalue weighted by Gasteiger charge is 2.33. The van der Waals surface area contributed by atoms with Crippen LogP contribution in [0.5, 0.6) is 0 Å². The van der Waals surface area contributed by atoms with Crippen LogP contribution in [0.3, 0.4) is 0 Å². The molecule has 0 saturated heterocycles. The van der Waals surface area contributed by atoms with E-state index in [1.807, 2.05) is 51.1 Å². The Kier molecular flexibility index (Phi) is 8.63. The molecule has 33 heavy (non-hydrogen) atoms. The number of rotatable bonds is 9. The molecule has 0 spiro atoms. The van der Waals surface area contributed by atoms with Crippen LogP contribution in [0, 0.1) is 0 Å². The predicted molar refractivity (Wildman–Crippen MR) is 131 cm³/mol. The van der Waals surface area contributed by atoms with Gasteiger partial charge in [0, 0.05) is 26.2 Å². The minimum Gasteiger partial charge on any atom is -0.350 e. The number of hydrogen-bond donors (Lipinski definition) is 1. The molecule has 2 aromatic carbocycles. The monoisotopic (exact) mass is 474 g/mol. The fraction of sp³-hybridized carbons (Fsp3) is 0.417. The van der Waals surface area contributed by atoms with Gasteiger partial charge in [0.15, 0.2) is 0 Å². The second kappa shape index (κ2) is 10.8. The molecular weight excluding hydrogens is 440 g/mol. The summed E-state index contributed by atoms with van der Waals surface area (Å²) in [5, 5.41) is 2.90. The molecular formula is C24H34N4O4S. The summed E-state index contributed by atoms with van der Waals surface area (Å²) in [5.74, 6) is -0.793. The lowest BCUT2D eigenvalue weighted by atomic mass is 10.1. The summed E-state index contributed by atoms with van der Waals surface area (Å²) in [4.78, 5) is 27.9. The average molecular weight is 475 g/mol. The van der Waals surface area contributed by atoms with Gasteiger partial charge in [0.1, 0.15) is 12.6 Å². The molecule has 0 aliphatic heterocycles. The van der Waals surface area contributed by atoms with Gasteiger partial charge in [-0.25, -0.2) is 4.31 Å². The average Bonchev–Trinajstić information content (AvgIpc) is 2.75. The van der Waals surface area contributed by atoms with E-state index in [2.05, 4.69) is 5.32 Å². The van der Waals surface area contributed by atoms with Crippen LogP contribution in [-0.4, -0.2) is 61.7 Å². The van der Waals surface area contributed by atoms with Gasteiger partial charge in [-0.05, 0) is 45.4 Å². The van der Waals surface area contributed by atoms with Crippen LogP contribution in [0.4, 0.5) is 5.69 Å². The zero-order chi connectivity index (χ0) is 24.8. The lowest BCUT2D eigenvalue weighted by molar-refractivity contribution is -0.140. The summed E-state index contributed by atoms with van der Waals surface area (Å²) in [6.07, 6.45) is 0. The predicted octanol–water partition coefficient (Wildman–Crippen LogP) is 2.63. The maximum absolute atomic E-state index is 13.5. The zero-order valence-corrected chi connectivity index (χ0v) is 21.0. The van der Waals surface area contributed by atoms with Crippen LogP contribution < -0.4 is 9.62 Å². The quantitative estimate of drug-likeness (QED) is 0.605. The zero-order valence-electron chi connectivity index (χ0n) is 20.1. The molecule has 2 aromatic rings. The van der Waals surface area contributed by atoms with Crippen molar-refractivity contribution in [2.75, 3.05) is 24.9 Å². The molecule has 2 rings (SSSR count). The van der Waals surface area contributed by atoms with E-state index in [-0.39, 0.29) is 12.5 Å². The highest BCUT2D eigenvalue weighted by atomic mass is 32.2. The van der Waals surface area contributed by atoms with E-state index in [0.29, 0.717) is 5.69 Å². The number of nitrogens with one attached hydrogen (secondary N) is 1.